The van der Waals surface area contributed by atoms with Crippen LogP contribution in [0.25, 0.3) is 5.70 Å². The van der Waals surface area contributed by atoms with E-state index in [0.717, 1.165) is 29.5 Å². The molecule has 5 rings (SSSR count). The molecule has 0 unspecified atom stereocenters. The number of halogens is 2. The van der Waals surface area contributed by atoms with Crippen LogP contribution in [0, 0.1) is 7.14 Å². The van der Waals surface area contributed by atoms with Crippen molar-refractivity contribution < 1.29 is 29.0 Å². The predicted molar refractivity (Wildman–Crippen MR) is 158 cm³/mol. The highest BCUT2D eigenvalue weighted by Crippen LogP contribution is 2.48. The number of carbonyl (C=O) groups is 3. The summed E-state index contributed by atoms with van der Waals surface area (Å²) in [6.45, 7) is 2.08. The molecule has 7 nitrogen and oxygen atoms in total. The average molecular weight is 733 g/mol. The molecule has 1 atom stereocenters. The maximum atomic E-state index is 13.6. The number of rotatable bonds is 6. The second-order valence-electron chi connectivity index (χ2n) is 8.86. The van der Waals surface area contributed by atoms with E-state index in [0.29, 0.717) is 28.2 Å². The average Bonchev–Trinajstić information content (AvgIpc) is 3.18. The number of benzene rings is 3. The number of carboxylic acid groups (broad SMARTS) is 1. The van der Waals surface area contributed by atoms with Crippen LogP contribution in [-0.2, 0) is 16.1 Å². The van der Waals surface area contributed by atoms with Gasteiger partial charge >= 0.3 is 11.9 Å². The van der Waals surface area contributed by atoms with Gasteiger partial charge in [0.2, 0.25) is 0 Å². The minimum atomic E-state index is -0.979. The molecule has 3 aromatic rings. The zero-order chi connectivity index (χ0) is 27.1. The minimum absolute atomic E-state index is 0.114. The highest BCUT2D eigenvalue weighted by atomic mass is 127. The highest BCUT2D eigenvalue weighted by Gasteiger charge is 2.43. The molecule has 38 heavy (non-hydrogen) atoms. The van der Waals surface area contributed by atoms with Crippen molar-refractivity contribution in [2.24, 2.45) is 0 Å². The molecular formula is C29H21I2NO6. The first-order chi connectivity index (χ1) is 18.2. The van der Waals surface area contributed by atoms with Crippen LogP contribution in [0.15, 0.2) is 77.5 Å². The first-order valence-corrected chi connectivity index (χ1v) is 13.7. The number of fused-ring (bicyclic) bond motifs is 2. The van der Waals surface area contributed by atoms with Crippen LogP contribution >= 0.6 is 45.2 Å². The Bertz CT molecular complexity index is 1550. The molecule has 3 aromatic carbocycles. The van der Waals surface area contributed by atoms with Gasteiger partial charge < -0.3 is 19.9 Å². The molecule has 1 aliphatic heterocycles. The number of hydrogen-bond donors (Lipinski definition) is 2. The lowest BCUT2D eigenvalue weighted by atomic mass is 9.80. The molecular weight excluding hydrogens is 712 g/mol. The monoisotopic (exact) mass is 733 g/mol. The van der Waals surface area contributed by atoms with E-state index in [4.69, 9.17) is 14.6 Å². The molecule has 192 valence electrons. The van der Waals surface area contributed by atoms with Gasteiger partial charge in [0, 0.05) is 28.3 Å². The van der Waals surface area contributed by atoms with Crippen LogP contribution in [0.1, 0.15) is 50.2 Å². The van der Waals surface area contributed by atoms with Gasteiger partial charge in [-0.2, -0.15) is 0 Å². The van der Waals surface area contributed by atoms with Crippen molar-refractivity contribution in [2.75, 3.05) is 7.11 Å². The molecule has 0 radical (unpaired) electrons. The molecule has 0 fully saturated rings. The third-order valence-electron chi connectivity index (χ3n) is 6.59. The van der Waals surface area contributed by atoms with Gasteiger partial charge in [-0.15, -0.1) is 0 Å². The number of Topliss-reactive ketones (excluding diaryl/α,β-unsaturated/α-hetero) is 1. The van der Waals surface area contributed by atoms with Crippen LogP contribution in [-0.4, -0.2) is 29.9 Å². The van der Waals surface area contributed by atoms with Gasteiger partial charge in [0.25, 0.3) is 0 Å². The van der Waals surface area contributed by atoms with Crippen molar-refractivity contribution in [1.82, 2.24) is 5.32 Å². The second-order valence-corrected chi connectivity index (χ2v) is 11.2. The molecule has 0 aromatic heterocycles. The van der Waals surface area contributed by atoms with E-state index in [1.807, 2.05) is 37.3 Å². The van der Waals surface area contributed by atoms with Gasteiger partial charge in [0.1, 0.15) is 12.4 Å². The number of ether oxygens (including phenoxy) is 2. The zero-order valence-corrected chi connectivity index (χ0v) is 24.6. The molecule has 0 saturated carbocycles. The standard InChI is InChI=1S/C29H21I2NO6/c1-14-22(29(36)37-2)23(24-25(32-14)18-5-3-4-6-19(18)26(24)33)17-11-20(30)27(21(31)12-17)38-13-15-7-9-16(10-8-15)28(34)35/h3-12,23,32H,13H2,1-2H3,(H,34,35)/t23-/m0/s1. The minimum Gasteiger partial charge on any atom is -0.487 e. The number of esters is 1. The van der Waals surface area contributed by atoms with Gasteiger partial charge in [-0.25, -0.2) is 9.59 Å². The van der Waals surface area contributed by atoms with Crippen LogP contribution in [0.2, 0.25) is 0 Å². The number of ketones is 1. The Kier molecular flexibility index (Phi) is 7.32. The van der Waals surface area contributed by atoms with Gasteiger partial charge in [-0.3, -0.25) is 4.79 Å². The second kappa shape index (κ2) is 10.5. The summed E-state index contributed by atoms with van der Waals surface area (Å²) in [6, 6.07) is 17.8. The lowest BCUT2D eigenvalue weighted by Gasteiger charge is -2.29. The summed E-state index contributed by atoms with van der Waals surface area (Å²) in [7, 11) is 1.34. The van der Waals surface area contributed by atoms with Crippen LogP contribution in [0.3, 0.4) is 0 Å². The van der Waals surface area contributed by atoms with Gasteiger partial charge in [-0.05, 0) is 87.5 Å². The molecule has 1 aliphatic carbocycles. The molecule has 0 bridgehead atoms. The number of carbonyl (C=O) groups excluding carboxylic acids is 2. The Morgan fingerprint density at radius 1 is 1.00 bits per heavy atom. The number of aromatic carboxylic acids is 1. The smallest absolute Gasteiger partial charge is 0.336 e. The summed E-state index contributed by atoms with van der Waals surface area (Å²) >= 11 is 4.39. The maximum Gasteiger partial charge on any atom is 0.336 e. The number of carboxylic acids is 1. The molecule has 0 amide bonds. The summed E-state index contributed by atoms with van der Waals surface area (Å²) in [6.07, 6.45) is 0. The van der Waals surface area contributed by atoms with Crippen molar-refractivity contribution in [3.05, 3.63) is 112 Å². The number of nitrogens with one attached hydrogen (secondary N) is 1. The van der Waals surface area contributed by atoms with E-state index in [9.17, 15) is 14.4 Å². The Hall–Kier alpha value is -3.19. The first-order valence-electron chi connectivity index (χ1n) is 11.6. The molecule has 2 aliphatic rings. The quantitative estimate of drug-likeness (QED) is 0.240. The van der Waals surface area contributed by atoms with Crippen LogP contribution in [0.4, 0.5) is 0 Å². The fourth-order valence-corrected chi connectivity index (χ4v) is 6.95. The Morgan fingerprint density at radius 3 is 2.24 bits per heavy atom. The number of methoxy groups -OCH3 is 1. The highest BCUT2D eigenvalue weighted by molar-refractivity contribution is 14.1. The third kappa shape index (κ3) is 4.62. The Morgan fingerprint density at radius 2 is 1.63 bits per heavy atom. The van der Waals surface area contributed by atoms with Gasteiger partial charge in [-0.1, -0.05) is 36.4 Å². The van der Waals surface area contributed by atoms with Crippen molar-refractivity contribution in [1.29, 1.82) is 0 Å². The van der Waals surface area contributed by atoms with E-state index in [-0.39, 0.29) is 18.0 Å². The lowest BCUT2D eigenvalue weighted by Crippen LogP contribution is -2.29. The van der Waals surface area contributed by atoms with Crippen molar-refractivity contribution in [3.63, 3.8) is 0 Å². The van der Waals surface area contributed by atoms with E-state index >= 15 is 0 Å². The SMILES string of the molecule is COC(=O)C1=C(C)NC2=C(C(=O)c3ccccc32)[C@H]1c1cc(I)c(OCc2ccc(C(=O)O)cc2)c(I)c1. The van der Waals surface area contributed by atoms with E-state index in [2.05, 4.69) is 50.5 Å². The summed E-state index contributed by atoms with van der Waals surface area (Å²) < 4.78 is 12.9. The molecule has 1 heterocycles. The summed E-state index contributed by atoms with van der Waals surface area (Å²) in [4.78, 5) is 37.7. The van der Waals surface area contributed by atoms with E-state index < -0.39 is 17.9 Å². The predicted octanol–water partition coefficient (Wildman–Crippen LogP) is 5.91. The molecule has 2 N–H and O–H groups in total. The summed E-state index contributed by atoms with van der Waals surface area (Å²) in [5.74, 6) is -1.53. The Labute approximate surface area is 246 Å². The summed E-state index contributed by atoms with van der Waals surface area (Å²) in [5.41, 5.74) is 5.53. The summed E-state index contributed by atoms with van der Waals surface area (Å²) in [5, 5.41) is 12.4. The largest absolute Gasteiger partial charge is 0.487 e. The topological polar surface area (TPSA) is 102 Å². The van der Waals surface area contributed by atoms with Crippen molar-refractivity contribution in [3.8, 4) is 5.75 Å². The lowest BCUT2D eigenvalue weighted by molar-refractivity contribution is -0.136. The molecule has 0 saturated heterocycles. The Balaban J connectivity index is 1.53. The van der Waals surface area contributed by atoms with Gasteiger partial charge in [0.05, 0.1) is 31.1 Å². The van der Waals surface area contributed by atoms with Crippen molar-refractivity contribution >= 4 is 68.6 Å². The van der Waals surface area contributed by atoms with Crippen LogP contribution in [0.5, 0.6) is 5.75 Å². The maximum absolute atomic E-state index is 13.6. The van der Waals surface area contributed by atoms with E-state index in [1.54, 1.807) is 30.3 Å². The normalized spacial score (nSPS) is 16.1. The zero-order valence-electron chi connectivity index (χ0n) is 20.3. The van der Waals surface area contributed by atoms with Crippen molar-refractivity contribution in [2.45, 2.75) is 19.4 Å². The number of dihydropyridines is 1. The third-order valence-corrected chi connectivity index (χ3v) is 8.19. The number of allylic oxidation sites excluding steroid dienone is 2. The fraction of sp³-hybridized carbons (Fsp3) is 0.138. The van der Waals surface area contributed by atoms with Crippen LogP contribution < -0.4 is 10.1 Å². The first kappa shape index (κ1) is 26.4. The van der Waals surface area contributed by atoms with E-state index in [1.165, 1.54) is 7.11 Å². The fourth-order valence-electron chi connectivity index (χ4n) is 4.83. The van der Waals surface area contributed by atoms with Gasteiger partial charge in [0.15, 0.2) is 5.78 Å². The number of hydrogen-bond acceptors (Lipinski definition) is 6. The molecule has 9 heteroatoms. The molecule has 0 spiro atoms.